The Hall–Kier alpha value is -3.36. The van der Waals surface area contributed by atoms with Crippen molar-refractivity contribution in [2.75, 3.05) is 6.54 Å². The molecule has 0 heterocycles. The molecule has 1 aromatic rings. The van der Waals surface area contributed by atoms with Crippen molar-refractivity contribution >= 4 is 23.8 Å². The number of carbonyl (C=O) groups is 4. The van der Waals surface area contributed by atoms with E-state index in [-0.39, 0.29) is 25.3 Å². The van der Waals surface area contributed by atoms with Gasteiger partial charge in [-0.1, -0.05) is 29.8 Å². The Morgan fingerprint density at radius 1 is 1.11 bits per heavy atom. The molecule has 0 fully saturated rings. The number of amides is 4. The summed E-state index contributed by atoms with van der Waals surface area (Å²) in [5.41, 5.74) is 6.37. The maximum atomic E-state index is 13.9. The lowest BCUT2D eigenvalue weighted by Gasteiger charge is -2.36. The summed E-state index contributed by atoms with van der Waals surface area (Å²) in [6, 6.07) is 3.53. The summed E-state index contributed by atoms with van der Waals surface area (Å²) in [5.74, 6) is -1.56. The van der Waals surface area contributed by atoms with Gasteiger partial charge in [-0.2, -0.15) is 0 Å². The Morgan fingerprint density at radius 3 is 2.22 bits per heavy atom. The molecule has 1 aromatic carbocycles. The van der Waals surface area contributed by atoms with E-state index in [1.165, 1.54) is 11.0 Å². The van der Waals surface area contributed by atoms with Crippen LogP contribution < -0.4 is 16.4 Å². The molecule has 0 saturated heterocycles. The van der Waals surface area contributed by atoms with Gasteiger partial charge in [0.2, 0.25) is 17.7 Å². The average Bonchev–Trinajstić information content (AvgIpc) is 2.69. The number of hydrogen-bond donors (Lipinski definition) is 3. The SMILES string of the molecule is C=CCN(C(=O)C(CCC(N)=O)NC(=O)OC(C)(C)C)C(C(=O)NC(C)(C)C)c1cc(C)ccc1C. The third-order valence-corrected chi connectivity index (χ3v) is 5.06. The van der Waals surface area contributed by atoms with Gasteiger partial charge in [-0.25, -0.2) is 4.79 Å². The van der Waals surface area contributed by atoms with Gasteiger partial charge in [-0.05, 0) is 72.9 Å². The number of hydrogen-bond acceptors (Lipinski definition) is 5. The van der Waals surface area contributed by atoms with E-state index >= 15 is 0 Å². The lowest BCUT2D eigenvalue weighted by molar-refractivity contribution is -0.142. The van der Waals surface area contributed by atoms with Crippen LogP contribution in [-0.2, 0) is 19.1 Å². The lowest BCUT2D eigenvalue weighted by atomic mass is 9.95. The Kier molecular flexibility index (Phi) is 10.7. The Labute approximate surface area is 214 Å². The van der Waals surface area contributed by atoms with Crippen LogP contribution in [0.3, 0.4) is 0 Å². The molecule has 9 heteroatoms. The van der Waals surface area contributed by atoms with Crippen molar-refractivity contribution in [3.63, 3.8) is 0 Å². The van der Waals surface area contributed by atoms with Crippen LogP contribution >= 0.6 is 0 Å². The molecular weight excluding hydrogens is 460 g/mol. The number of nitrogens with two attached hydrogens (primary N) is 1. The summed E-state index contributed by atoms with van der Waals surface area (Å²) in [4.78, 5) is 52.9. The van der Waals surface area contributed by atoms with Gasteiger partial charge in [-0.3, -0.25) is 14.4 Å². The molecule has 4 amide bonds. The monoisotopic (exact) mass is 502 g/mol. The predicted molar refractivity (Wildman–Crippen MR) is 140 cm³/mol. The molecule has 0 aliphatic heterocycles. The molecule has 1 rings (SSSR count). The molecule has 0 radical (unpaired) electrons. The van der Waals surface area contributed by atoms with Gasteiger partial charge in [0, 0.05) is 18.5 Å². The molecule has 200 valence electrons. The number of alkyl carbamates (subject to hydrolysis) is 1. The average molecular weight is 503 g/mol. The van der Waals surface area contributed by atoms with Gasteiger partial charge >= 0.3 is 6.09 Å². The first-order valence-corrected chi connectivity index (χ1v) is 12.0. The first-order valence-electron chi connectivity index (χ1n) is 12.0. The fraction of sp³-hybridized carbons (Fsp3) is 0.556. The third kappa shape index (κ3) is 10.1. The maximum absolute atomic E-state index is 13.9. The van der Waals surface area contributed by atoms with Crippen molar-refractivity contribution in [3.8, 4) is 0 Å². The van der Waals surface area contributed by atoms with Crippen molar-refractivity contribution in [1.29, 1.82) is 0 Å². The Bertz CT molecular complexity index is 975. The van der Waals surface area contributed by atoms with Crippen LogP contribution in [0.15, 0.2) is 30.9 Å². The fourth-order valence-electron chi connectivity index (χ4n) is 3.60. The second-order valence-electron chi connectivity index (χ2n) is 11.0. The molecule has 0 bridgehead atoms. The first-order chi connectivity index (χ1) is 16.4. The van der Waals surface area contributed by atoms with Crippen molar-refractivity contribution in [3.05, 3.63) is 47.5 Å². The molecular formula is C27H42N4O5. The first kappa shape index (κ1) is 30.7. The number of ether oxygens (including phenoxy) is 1. The van der Waals surface area contributed by atoms with Crippen molar-refractivity contribution in [2.45, 2.75) is 91.5 Å². The summed E-state index contributed by atoms with van der Waals surface area (Å²) >= 11 is 0. The third-order valence-electron chi connectivity index (χ3n) is 5.06. The van der Waals surface area contributed by atoms with Gasteiger partial charge in [-0.15, -0.1) is 6.58 Å². The van der Waals surface area contributed by atoms with Crippen molar-refractivity contribution < 1.29 is 23.9 Å². The lowest BCUT2D eigenvalue weighted by Crippen LogP contribution is -2.55. The number of carbonyl (C=O) groups excluding carboxylic acids is 4. The summed E-state index contributed by atoms with van der Waals surface area (Å²) in [6.07, 6.45) is 0.503. The van der Waals surface area contributed by atoms with Crippen LogP contribution in [0.4, 0.5) is 4.79 Å². The standard InChI is InChI=1S/C27H42N4O5/c1-10-15-31(24(34)20(13-14-21(28)32)29-25(35)36-27(7,8)9)22(23(33)30-26(4,5)6)19-16-17(2)11-12-18(19)3/h10-12,16,20,22H,1,13-15H2,2-9H3,(H2,28,32)(H,29,35)(H,30,33). The number of primary amides is 1. The summed E-state index contributed by atoms with van der Waals surface area (Å²) in [5, 5.41) is 5.53. The minimum Gasteiger partial charge on any atom is -0.444 e. The molecule has 9 nitrogen and oxygen atoms in total. The second-order valence-corrected chi connectivity index (χ2v) is 11.0. The van der Waals surface area contributed by atoms with Gasteiger partial charge in [0.25, 0.3) is 0 Å². The summed E-state index contributed by atoms with van der Waals surface area (Å²) in [6.45, 7) is 18.2. The topological polar surface area (TPSA) is 131 Å². The number of rotatable bonds is 10. The molecule has 0 spiro atoms. The van der Waals surface area contributed by atoms with E-state index in [1.807, 2.05) is 52.8 Å². The summed E-state index contributed by atoms with van der Waals surface area (Å²) < 4.78 is 5.32. The van der Waals surface area contributed by atoms with E-state index in [1.54, 1.807) is 20.8 Å². The van der Waals surface area contributed by atoms with Crippen molar-refractivity contribution in [1.82, 2.24) is 15.5 Å². The Balaban J connectivity index is 3.57. The van der Waals surface area contributed by atoms with Crippen LogP contribution in [0.2, 0.25) is 0 Å². The van der Waals surface area contributed by atoms with Crippen LogP contribution in [0.1, 0.15) is 77.1 Å². The number of nitrogens with one attached hydrogen (secondary N) is 2. The van der Waals surface area contributed by atoms with E-state index in [0.717, 1.165) is 11.1 Å². The van der Waals surface area contributed by atoms with E-state index in [4.69, 9.17) is 10.5 Å². The molecule has 0 saturated carbocycles. The normalized spacial score (nSPS) is 13.2. The minimum absolute atomic E-state index is 0.0253. The highest BCUT2D eigenvalue weighted by Gasteiger charge is 2.37. The Morgan fingerprint density at radius 2 is 1.72 bits per heavy atom. The van der Waals surface area contributed by atoms with E-state index < -0.39 is 41.1 Å². The number of benzene rings is 1. The molecule has 0 aliphatic rings. The smallest absolute Gasteiger partial charge is 0.408 e. The van der Waals surface area contributed by atoms with Crippen LogP contribution in [0.5, 0.6) is 0 Å². The van der Waals surface area contributed by atoms with Crippen LogP contribution in [-0.4, -0.2) is 52.4 Å². The van der Waals surface area contributed by atoms with E-state index in [2.05, 4.69) is 17.2 Å². The number of aryl methyl sites for hydroxylation is 2. The van der Waals surface area contributed by atoms with Gasteiger partial charge in [0.1, 0.15) is 17.7 Å². The molecule has 0 aromatic heterocycles. The highest BCUT2D eigenvalue weighted by Crippen LogP contribution is 2.28. The fourth-order valence-corrected chi connectivity index (χ4v) is 3.60. The molecule has 36 heavy (non-hydrogen) atoms. The highest BCUT2D eigenvalue weighted by molar-refractivity contribution is 5.93. The van der Waals surface area contributed by atoms with E-state index in [9.17, 15) is 19.2 Å². The highest BCUT2D eigenvalue weighted by atomic mass is 16.6. The zero-order valence-corrected chi connectivity index (χ0v) is 22.9. The van der Waals surface area contributed by atoms with Gasteiger partial charge < -0.3 is 26.0 Å². The minimum atomic E-state index is -1.15. The molecule has 2 unspecified atom stereocenters. The van der Waals surface area contributed by atoms with Crippen molar-refractivity contribution in [2.24, 2.45) is 5.73 Å². The predicted octanol–water partition coefficient (Wildman–Crippen LogP) is 3.43. The zero-order valence-electron chi connectivity index (χ0n) is 22.9. The molecule has 2 atom stereocenters. The second kappa shape index (κ2) is 12.6. The van der Waals surface area contributed by atoms with Gasteiger partial charge in [0.05, 0.1) is 0 Å². The van der Waals surface area contributed by atoms with E-state index in [0.29, 0.717) is 5.56 Å². The maximum Gasteiger partial charge on any atom is 0.408 e. The van der Waals surface area contributed by atoms with Crippen LogP contribution in [0.25, 0.3) is 0 Å². The van der Waals surface area contributed by atoms with Gasteiger partial charge in [0.15, 0.2) is 0 Å². The molecule has 4 N–H and O–H groups in total. The molecule has 0 aliphatic carbocycles. The number of nitrogens with zero attached hydrogens (tertiary/aromatic N) is 1. The quantitative estimate of drug-likeness (QED) is 0.422. The van der Waals surface area contributed by atoms with Crippen LogP contribution in [0, 0.1) is 13.8 Å². The summed E-state index contributed by atoms with van der Waals surface area (Å²) in [7, 11) is 0. The largest absolute Gasteiger partial charge is 0.444 e. The zero-order chi connectivity index (χ0) is 27.8.